The van der Waals surface area contributed by atoms with Crippen molar-refractivity contribution in [3.05, 3.63) is 64.2 Å². The Morgan fingerprint density at radius 3 is 2.43 bits per heavy atom. The van der Waals surface area contributed by atoms with E-state index in [2.05, 4.69) is 24.4 Å². The third-order valence-corrected chi connectivity index (χ3v) is 5.74. The number of nitrogens with one attached hydrogen (secondary N) is 1. The molecule has 0 heterocycles. The highest BCUT2D eigenvalue weighted by Gasteiger charge is 2.22. The first-order valence-corrected chi connectivity index (χ1v) is 11.0. The number of benzene rings is 2. The minimum Gasteiger partial charge on any atom is -0.271 e. The predicted octanol–water partition coefficient (Wildman–Crippen LogP) is 3.69. The molecule has 0 aromatic heterocycles. The zero-order chi connectivity index (χ0) is 20.9. The van der Waals surface area contributed by atoms with Crippen molar-refractivity contribution in [2.75, 3.05) is 17.1 Å². The summed E-state index contributed by atoms with van der Waals surface area (Å²) in [7, 11) is -3.68. The summed E-state index contributed by atoms with van der Waals surface area (Å²) in [5.41, 5.74) is 5.34. The van der Waals surface area contributed by atoms with Gasteiger partial charge < -0.3 is 0 Å². The smallest absolute Gasteiger partial charge is 0.260 e. The maximum absolute atomic E-state index is 12.2. The number of hydrogen-bond donors (Lipinski definition) is 1. The van der Waals surface area contributed by atoms with Crippen molar-refractivity contribution in [3.63, 3.8) is 0 Å². The molecule has 2 aromatic rings. The molecule has 0 atom stereocenters. The van der Waals surface area contributed by atoms with Crippen LogP contribution in [-0.4, -0.2) is 33.3 Å². The molecule has 150 valence electrons. The van der Waals surface area contributed by atoms with E-state index in [1.165, 1.54) is 11.8 Å². The number of halogens is 1. The van der Waals surface area contributed by atoms with Gasteiger partial charge >= 0.3 is 0 Å². The van der Waals surface area contributed by atoms with Crippen molar-refractivity contribution in [3.8, 4) is 0 Å². The molecule has 0 saturated carbocycles. The zero-order valence-electron chi connectivity index (χ0n) is 16.3. The number of sulfonamides is 1. The first-order chi connectivity index (χ1) is 13.1. The molecule has 0 saturated heterocycles. The molecule has 2 aromatic carbocycles. The molecule has 0 spiro atoms. The van der Waals surface area contributed by atoms with Gasteiger partial charge in [-0.05, 0) is 41.7 Å². The summed E-state index contributed by atoms with van der Waals surface area (Å²) >= 11 is 6.08. The fourth-order valence-electron chi connectivity index (χ4n) is 2.56. The van der Waals surface area contributed by atoms with Crippen LogP contribution in [0.5, 0.6) is 0 Å². The van der Waals surface area contributed by atoms with Gasteiger partial charge in [0.1, 0.15) is 6.54 Å². The van der Waals surface area contributed by atoms with Gasteiger partial charge in [-0.2, -0.15) is 5.10 Å². The van der Waals surface area contributed by atoms with E-state index in [1.807, 2.05) is 24.3 Å². The number of rotatable bonds is 7. The molecule has 0 radical (unpaired) electrons. The van der Waals surface area contributed by atoms with Crippen LogP contribution in [-0.2, 0) is 14.8 Å². The molecular weight excluding hydrogens is 398 g/mol. The van der Waals surface area contributed by atoms with Gasteiger partial charge in [0.05, 0.1) is 18.2 Å². The Balaban J connectivity index is 2.09. The van der Waals surface area contributed by atoms with E-state index < -0.39 is 22.5 Å². The summed E-state index contributed by atoms with van der Waals surface area (Å²) < 4.78 is 25.4. The molecule has 0 aliphatic rings. The van der Waals surface area contributed by atoms with Crippen molar-refractivity contribution >= 4 is 39.4 Å². The van der Waals surface area contributed by atoms with E-state index in [-0.39, 0.29) is 0 Å². The van der Waals surface area contributed by atoms with Gasteiger partial charge in [0.25, 0.3) is 5.91 Å². The molecule has 0 fully saturated rings. The second-order valence-corrected chi connectivity index (χ2v) is 9.08. The van der Waals surface area contributed by atoms with E-state index >= 15 is 0 Å². The van der Waals surface area contributed by atoms with Gasteiger partial charge in [0, 0.05) is 5.02 Å². The topological polar surface area (TPSA) is 78.8 Å². The lowest BCUT2D eigenvalue weighted by Gasteiger charge is -2.23. The molecule has 1 amide bonds. The molecule has 6 nitrogen and oxygen atoms in total. The number of hydrazone groups is 1. The Morgan fingerprint density at radius 2 is 1.86 bits per heavy atom. The predicted molar refractivity (Wildman–Crippen MR) is 115 cm³/mol. The Bertz CT molecular complexity index is 971. The normalized spacial score (nSPS) is 11.8. The van der Waals surface area contributed by atoms with Gasteiger partial charge in [0.2, 0.25) is 10.0 Å². The molecule has 0 aliphatic heterocycles. The van der Waals surface area contributed by atoms with Crippen LogP contribution in [0.4, 0.5) is 5.69 Å². The SMILES string of the molecule is Cc1c(Cl)cccc1N(CC(=O)N/N=C\c1ccc(C(C)C)cc1)S(C)(=O)=O. The van der Waals surface area contributed by atoms with Crippen LogP contribution < -0.4 is 9.73 Å². The van der Waals surface area contributed by atoms with Crippen LogP contribution in [0, 0.1) is 6.92 Å². The molecule has 2 rings (SSSR count). The average Bonchev–Trinajstić information content (AvgIpc) is 2.62. The van der Waals surface area contributed by atoms with E-state index in [0.29, 0.717) is 22.2 Å². The first kappa shape index (κ1) is 21.9. The van der Waals surface area contributed by atoms with E-state index in [9.17, 15) is 13.2 Å². The second-order valence-electron chi connectivity index (χ2n) is 6.77. The lowest BCUT2D eigenvalue weighted by molar-refractivity contribution is -0.119. The van der Waals surface area contributed by atoms with Gasteiger partial charge in [-0.3, -0.25) is 9.10 Å². The molecule has 0 aliphatic carbocycles. The Labute approximate surface area is 171 Å². The highest BCUT2D eigenvalue weighted by atomic mass is 35.5. The maximum Gasteiger partial charge on any atom is 0.260 e. The number of nitrogens with zero attached hydrogens (tertiary/aromatic N) is 2. The highest BCUT2D eigenvalue weighted by Crippen LogP contribution is 2.27. The zero-order valence-corrected chi connectivity index (χ0v) is 17.9. The summed E-state index contributed by atoms with van der Waals surface area (Å²) in [6.45, 7) is 5.52. The minimum absolute atomic E-state index is 0.360. The highest BCUT2D eigenvalue weighted by molar-refractivity contribution is 7.92. The van der Waals surface area contributed by atoms with Gasteiger partial charge in [-0.1, -0.05) is 55.8 Å². The maximum atomic E-state index is 12.2. The number of amides is 1. The van der Waals surface area contributed by atoms with E-state index in [0.717, 1.165) is 16.1 Å². The van der Waals surface area contributed by atoms with Crippen LogP contribution in [0.2, 0.25) is 5.02 Å². The minimum atomic E-state index is -3.68. The monoisotopic (exact) mass is 421 g/mol. The number of anilines is 1. The van der Waals surface area contributed by atoms with Gasteiger partial charge in [0.15, 0.2) is 0 Å². The number of hydrogen-bond acceptors (Lipinski definition) is 4. The Morgan fingerprint density at radius 1 is 1.21 bits per heavy atom. The lowest BCUT2D eigenvalue weighted by atomic mass is 10.0. The third kappa shape index (κ3) is 5.81. The summed E-state index contributed by atoms with van der Waals surface area (Å²) in [6.07, 6.45) is 2.55. The summed E-state index contributed by atoms with van der Waals surface area (Å²) in [5.74, 6) is -0.123. The number of carbonyl (C=O) groups is 1. The average molecular weight is 422 g/mol. The largest absolute Gasteiger partial charge is 0.271 e. The Kier molecular flexibility index (Phi) is 7.21. The van der Waals surface area contributed by atoms with Crippen molar-refractivity contribution in [1.82, 2.24) is 5.43 Å². The van der Waals surface area contributed by atoms with Gasteiger partial charge in [-0.25, -0.2) is 13.8 Å². The molecular formula is C20H24ClN3O3S. The fraction of sp³-hybridized carbons (Fsp3) is 0.300. The third-order valence-electron chi connectivity index (χ3n) is 4.20. The summed E-state index contributed by atoms with van der Waals surface area (Å²) in [6, 6.07) is 12.7. The number of carbonyl (C=O) groups excluding carboxylic acids is 1. The standard InChI is InChI=1S/C20H24ClN3O3S/c1-14(2)17-10-8-16(9-11-17)12-22-23-20(25)13-24(28(4,26)27)19-7-5-6-18(21)15(19)3/h5-12,14H,13H2,1-4H3,(H,23,25)/b22-12-. The molecule has 0 unspecified atom stereocenters. The van der Waals surface area contributed by atoms with Crippen LogP contribution in [0.15, 0.2) is 47.6 Å². The quantitative estimate of drug-likeness (QED) is 0.547. The van der Waals surface area contributed by atoms with E-state index in [1.54, 1.807) is 25.1 Å². The molecule has 1 N–H and O–H groups in total. The molecule has 28 heavy (non-hydrogen) atoms. The molecule has 0 bridgehead atoms. The van der Waals surface area contributed by atoms with Crippen LogP contribution in [0.25, 0.3) is 0 Å². The van der Waals surface area contributed by atoms with Crippen LogP contribution in [0.3, 0.4) is 0 Å². The van der Waals surface area contributed by atoms with Crippen molar-refractivity contribution in [1.29, 1.82) is 0 Å². The van der Waals surface area contributed by atoms with Gasteiger partial charge in [-0.15, -0.1) is 0 Å². The fourth-order valence-corrected chi connectivity index (χ4v) is 3.64. The molecule has 8 heteroatoms. The summed E-state index contributed by atoms with van der Waals surface area (Å²) in [4.78, 5) is 12.2. The van der Waals surface area contributed by atoms with Crippen molar-refractivity contribution in [2.45, 2.75) is 26.7 Å². The van der Waals surface area contributed by atoms with Crippen molar-refractivity contribution in [2.24, 2.45) is 5.10 Å². The van der Waals surface area contributed by atoms with Crippen LogP contribution in [0.1, 0.15) is 36.5 Å². The van der Waals surface area contributed by atoms with Crippen molar-refractivity contribution < 1.29 is 13.2 Å². The van der Waals surface area contributed by atoms with E-state index in [4.69, 9.17) is 11.6 Å². The second kappa shape index (κ2) is 9.21. The first-order valence-electron chi connectivity index (χ1n) is 8.74. The van der Waals surface area contributed by atoms with Crippen LogP contribution >= 0.6 is 11.6 Å². The lowest BCUT2D eigenvalue weighted by Crippen LogP contribution is -2.39. The summed E-state index contributed by atoms with van der Waals surface area (Å²) in [5, 5.41) is 4.34. The Hall–Kier alpha value is -2.38.